The van der Waals surface area contributed by atoms with Crippen LogP contribution in [0.1, 0.15) is 5.56 Å². The van der Waals surface area contributed by atoms with Gasteiger partial charge in [0, 0.05) is 11.6 Å². The maximum absolute atomic E-state index is 8.39. The van der Waals surface area contributed by atoms with Crippen molar-refractivity contribution in [1.29, 1.82) is 5.26 Å². The lowest BCUT2D eigenvalue weighted by atomic mass is 10.2. The first-order valence-corrected chi connectivity index (χ1v) is 3.90. The molecule has 3 heteroatoms. The molecule has 1 heterocycles. The van der Waals surface area contributed by atoms with Crippen molar-refractivity contribution in [1.82, 2.24) is 9.97 Å². The number of nitrogens with zero attached hydrogens (tertiary/aromatic N) is 2. The highest BCUT2D eigenvalue weighted by molar-refractivity contribution is 5.84. The van der Waals surface area contributed by atoms with Crippen molar-refractivity contribution in [2.75, 3.05) is 0 Å². The van der Waals surface area contributed by atoms with E-state index in [9.17, 15) is 0 Å². The standard InChI is InChI=1S/C10H7N3/c11-6-2-4-8-3-1-5-9-10(8)13-7-12-9/h1-5,7H,(H,12,13). The third-order valence-electron chi connectivity index (χ3n) is 1.82. The van der Waals surface area contributed by atoms with E-state index >= 15 is 0 Å². The zero-order valence-electron chi connectivity index (χ0n) is 6.86. The molecule has 0 saturated heterocycles. The van der Waals surface area contributed by atoms with E-state index in [-0.39, 0.29) is 0 Å². The summed E-state index contributed by atoms with van der Waals surface area (Å²) in [6.45, 7) is 0. The molecule has 0 aliphatic heterocycles. The van der Waals surface area contributed by atoms with Gasteiger partial charge >= 0.3 is 0 Å². The van der Waals surface area contributed by atoms with Crippen LogP contribution in [0.5, 0.6) is 0 Å². The largest absolute Gasteiger partial charge is 0.345 e. The number of fused-ring (bicyclic) bond motifs is 1. The average molecular weight is 169 g/mol. The summed E-state index contributed by atoms with van der Waals surface area (Å²) in [5.74, 6) is 0. The smallest absolute Gasteiger partial charge is 0.0955 e. The molecule has 3 nitrogen and oxygen atoms in total. The van der Waals surface area contributed by atoms with Gasteiger partial charge in [0.05, 0.1) is 23.4 Å². The number of imidazole rings is 1. The van der Waals surface area contributed by atoms with E-state index < -0.39 is 0 Å². The Kier molecular flexibility index (Phi) is 1.81. The summed E-state index contributed by atoms with van der Waals surface area (Å²) < 4.78 is 0. The van der Waals surface area contributed by atoms with Crippen molar-refractivity contribution in [2.45, 2.75) is 0 Å². The number of nitriles is 1. The van der Waals surface area contributed by atoms with Gasteiger partial charge in [-0.3, -0.25) is 0 Å². The second-order valence-electron chi connectivity index (χ2n) is 2.61. The van der Waals surface area contributed by atoms with Gasteiger partial charge in [0.15, 0.2) is 0 Å². The fraction of sp³-hybridized carbons (Fsp3) is 0. The number of aromatic amines is 1. The van der Waals surface area contributed by atoms with Crippen LogP contribution >= 0.6 is 0 Å². The van der Waals surface area contributed by atoms with Crippen molar-refractivity contribution in [3.05, 3.63) is 36.2 Å². The Balaban J connectivity index is 2.62. The van der Waals surface area contributed by atoms with Crippen LogP contribution in [-0.2, 0) is 0 Å². The van der Waals surface area contributed by atoms with Gasteiger partial charge in [-0.25, -0.2) is 4.98 Å². The summed E-state index contributed by atoms with van der Waals surface area (Å²) in [6, 6.07) is 7.76. The van der Waals surface area contributed by atoms with Crippen LogP contribution in [0.15, 0.2) is 30.6 Å². The molecular weight excluding hydrogens is 162 g/mol. The fourth-order valence-corrected chi connectivity index (χ4v) is 1.25. The number of rotatable bonds is 1. The minimum absolute atomic E-state index is 0.897. The minimum Gasteiger partial charge on any atom is -0.345 e. The van der Waals surface area contributed by atoms with Crippen molar-refractivity contribution in [3.8, 4) is 6.07 Å². The van der Waals surface area contributed by atoms with Crippen LogP contribution in [-0.4, -0.2) is 9.97 Å². The van der Waals surface area contributed by atoms with E-state index in [2.05, 4.69) is 9.97 Å². The molecule has 0 aliphatic carbocycles. The molecule has 0 bridgehead atoms. The summed E-state index contributed by atoms with van der Waals surface area (Å²) in [4.78, 5) is 7.16. The minimum atomic E-state index is 0.897. The van der Waals surface area contributed by atoms with Gasteiger partial charge in [-0.1, -0.05) is 12.1 Å². The van der Waals surface area contributed by atoms with Gasteiger partial charge in [-0.15, -0.1) is 0 Å². The lowest BCUT2D eigenvalue weighted by molar-refractivity contribution is 1.34. The highest BCUT2D eigenvalue weighted by Crippen LogP contribution is 2.15. The van der Waals surface area contributed by atoms with E-state index in [1.807, 2.05) is 24.3 Å². The van der Waals surface area contributed by atoms with E-state index in [0.29, 0.717) is 0 Å². The predicted molar refractivity (Wildman–Crippen MR) is 50.7 cm³/mol. The molecule has 0 unspecified atom stereocenters. The quantitative estimate of drug-likeness (QED) is 0.664. The number of benzene rings is 1. The van der Waals surface area contributed by atoms with Crippen molar-refractivity contribution >= 4 is 17.1 Å². The molecule has 0 aliphatic rings. The van der Waals surface area contributed by atoms with Crippen molar-refractivity contribution in [3.63, 3.8) is 0 Å². The Hall–Kier alpha value is -2.08. The molecule has 0 saturated carbocycles. The van der Waals surface area contributed by atoms with Crippen LogP contribution in [0.3, 0.4) is 0 Å². The molecule has 0 atom stereocenters. The van der Waals surface area contributed by atoms with Crippen LogP contribution in [0.25, 0.3) is 17.1 Å². The summed E-state index contributed by atoms with van der Waals surface area (Å²) in [6.07, 6.45) is 4.85. The molecule has 0 radical (unpaired) electrons. The van der Waals surface area contributed by atoms with Crippen molar-refractivity contribution in [2.24, 2.45) is 0 Å². The lowest BCUT2D eigenvalue weighted by Gasteiger charge is -1.92. The average Bonchev–Trinajstić information content (AvgIpc) is 2.62. The molecule has 0 fully saturated rings. The molecule has 0 amide bonds. The molecule has 2 aromatic rings. The predicted octanol–water partition coefficient (Wildman–Crippen LogP) is 2.10. The van der Waals surface area contributed by atoms with Crippen LogP contribution < -0.4 is 0 Å². The first-order valence-electron chi connectivity index (χ1n) is 3.90. The molecule has 2 rings (SSSR count). The van der Waals surface area contributed by atoms with E-state index in [1.165, 1.54) is 6.08 Å². The summed E-state index contributed by atoms with van der Waals surface area (Å²) in [7, 11) is 0. The molecule has 0 spiro atoms. The highest BCUT2D eigenvalue weighted by atomic mass is 14.9. The van der Waals surface area contributed by atoms with E-state index in [4.69, 9.17) is 5.26 Å². The Morgan fingerprint density at radius 2 is 2.38 bits per heavy atom. The Morgan fingerprint density at radius 3 is 3.23 bits per heavy atom. The van der Waals surface area contributed by atoms with Gasteiger partial charge in [0.2, 0.25) is 0 Å². The number of hydrogen-bond acceptors (Lipinski definition) is 2. The summed E-state index contributed by atoms with van der Waals surface area (Å²) in [5.41, 5.74) is 2.84. The number of allylic oxidation sites excluding steroid dienone is 1. The first-order chi connectivity index (χ1) is 6.42. The molecule has 62 valence electrons. The number of para-hydroxylation sites is 1. The summed E-state index contributed by atoms with van der Waals surface area (Å²) >= 11 is 0. The molecule has 13 heavy (non-hydrogen) atoms. The zero-order chi connectivity index (χ0) is 9.10. The number of nitrogens with one attached hydrogen (secondary N) is 1. The number of aromatic nitrogens is 2. The van der Waals surface area contributed by atoms with E-state index in [1.54, 1.807) is 12.4 Å². The third kappa shape index (κ3) is 1.30. The third-order valence-corrected chi connectivity index (χ3v) is 1.82. The van der Waals surface area contributed by atoms with Crippen LogP contribution in [0.4, 0.5) is 0 Å². The Bertz CT molecular complexity index is 488. The zero-order valence-corrected chi connectivity index (χ0v) is 6.86. The maximum Gasteiger partial charge on any atom is 0.0955 e. The monoisotopic (exact) mass is 169 g/mol. The van der Waals surface area contributed by atoms with Gasteiger partial charge in [0.1, 0.15) is 0 Å². The molecule has 1 N–H and O–H groups in total. The number of H-pyrrole nitrogens is 1. The highest BCUT2D eigenvalue weighted by Gasteiger charge is 1.98. The van der Waals surface area contributed by atoms with E-state index in [0.717, 1.165) is 16.6 Å². The molecular formula is C10H7N3. The van der Waals surface area contributed by atoms with Crippen LogP contribution in [0, 0.1) is 11.3 Å². The topological polar surface area (TPSA) is 52.5 Å². The molecule has 1 aromatic heterocycles. The summed E-state index contributed by atoms with van der Waals surface area (Å²) in [5, 5.41) is 8.39. The van der Waals surface area contributed by atoms with Gasteiger partial charge in [-0.2, -0.15) is 5.26 Å². The molecule has 1 aromatic carbocycles. The first kappa shape index (κ1) is 7.56. The maximum atomic E-state index is 8.39. The van der Waals surface area contributed by atoms with Crippen molar-refractivity contribution < 1.29 is 0 Å². The van der Waals surface area contributed by atoms with Gasteiger partial charge in [0.25, 0.3) is 0 Å². The normalized spacial score (nSPS) is 10.7. The SMILES string of the molecule is N#CC=Cc1cccc2[nH]cnc12. The second-order valence-corrected chi connectivity index (χ2v) is 2.61. The lowest BCUT2D eigenvalue weighted by Crippen LogP contribution is -1.75. The Labute approximate surface area is 75.3 Å². The van der Waals surface area contributed by atoms with Crippen LogP contribution in [0.2, 0.25) is 0 Å². The number of hydrogen-bond donors (Lipinski definition) is 1. The van der Waals surface area contributed by atoms with Gasteiger partial charge < -0.3 is 4.98 Å². The fourth-order valence-electron chi connectivity index (χ4n) is 1.25. The second kappa shape index (κ2) is 3.11. The van der Waals surface area contributed by atoms with Gasteiger partial charge in [-0.05, 0) is 12.1 Å². The Morgan fingerprint density at radius 1 is 1.46 bits per heavy atom.